The number of piperidine rings is 1. The van der Waals surface area contributed by atoms with E-state index in [9.17, 15) is 14.3 Å². The molecule has 2 rings (SSSR count). The Bertz CT molecular complexity index is 460. The maximum absolute atomic E-state index is 12.9. The van der Waals surface area contributed by atoms with Crippen LogP contribution in [0.25, 0.3) is 0 Å². The molecule has 2 unspecified atom stereocenters. The third-order valence-corrected chi connectivity index (χ3v) is 4.14. The van der Waals surface area contributed by atoms with E-state index in [0.717, 1.165) is 24.9 Å². The van der Waals surface area contributed by atoms with Gasteiger partial charge in [-0.1, -0.05) is 12.1 Å². The van der Waals surface area contributed by atoms with E-state index in [4.69, 9.17) is 0 Å². The van der Waals surface area contributed by atoms with Gasteiger partial charge < -0.3 is 5.11 Å². The van der Waals surface area contributed by atoms with Crippen molar-refractivity contribution in [2.45, 2.75) is 32.7 Å². The SMILES string of the molecule is CC(c1ccc(F)cc1)N1CCCC(C)(C(=O)O)C1. The zero-order valence-corrected chi connectivity index (χ0v) is 11.4. The molecule has 1 aromatic carbocycles. The third-order valence-electron chi connectivity index (χ3n) is 4.14. The number of nitrogens with zero attached hydrogens (tertiary/aromatic N) is 1. The van der Waals surface area contributed by atoms with Crippen LogP contribution in [0.3, 0.4) is 0 Å². The van der Waals surface area contributed by atoms with Crippen LogP contribution in [0.5, 0.6) is 0 Å². The van der Waals surface area contributed by atoms with Crippen molar-refractivity contribution in [3.8, 4) is 0 Å². The number of hydrogen-bond donors (Lipinski definition) is 1. The summed E-state index contributed by atoms with van der Waals surface area (Å²) < 4.78 is 12.9. The summed E-state index contributed by atoms with van der Waals surface area (Å²) in [7, 11) is 0. The molecule has 1 fully saturated rings. The van der Waals surface area contributed by atoms with E-state index in [1.165, 1.54) is 12.1 Å². The summed E-state index contributed by atoms with van der Waals surface area (Å²) in [5.41, 5.74) is 0.350. The molecule has 0 aromatic heterocycles. The topological polar surface area (TPSA) is 40.5 Å². The van der Waals surface area contributed by atoms with Gasteiger partial charge in [-0.25, -0.2) is 4.39 Å². The molecule has 1 heterocycles. The van der Waals surface area contributed by atoms with E-state index in [1.807, 2.05) is 6.92 Å². The zero-order chi connectivity index (χ0) is 14.0. The van der Waals surface area contributed by atoms with E-state index in [2.05, 4.69) is 4.90 Å². The van der Waals surface area contributed by atoms with Gasteiger partial charge >= 0.3 is 5.97 Å². The van der Waals surface area contributed by atoms with Gasteiger partial charge in [0.1, 0.15) is 5.82 Å². The summed E-state index contributed by atoms with van der Waals surface area (Å²) in [6, 6.07) is 6.55. The minimum Gasteiger partial charge on any atom is -0.481 e. The Labute approximate surface area is 113 Å². The first-order valence-corrected chi connectivity index (χ1v) is 6.65. The molecule has 0 aliphatic carbocycles. The lowest BCUT2D eigenvalue weighted by molar-refractivity contribution is -0.151. The lowest BCUT2D eigenvalue weighted by atomic mass is 9.81. The molecule has 3 nitrogen and oxygen atoms in total. The largest absolute Gasteiger partial charge is 0.481 e. The van der Waals surface area contributed by atoms with Gasteiger partial charge in [-0.05, 0) is 50.9 Å². The van der Waals surface area contributed by atoms with E-state index in [0.29, 0.717) is 6.54 Å². The molecule has 0 amide bonds. The smallest absolute Gasteiger partial charge is 0.310 e. The van der Waals surface area contributed by atoms with Gasteiger partial charge in [0.05, 0.1) is 5.41 Å². The van der Waals surface area contributed by atoms with Crippen LogP contribution in [0.15, 0.2) is 24.3 Å². The van der Waals surface area contributed by atoms with Gasteiger partial charge in [-0.2, -0.15) is 0 Å². The summed E-state index contributed by atoms with van der Waals surface area (Å²) in [6.07, 6.45) is 1.60. The van der Waals surface area contributed by atoms with E-state index in [-0.39, 0.29) is 11.9 Å². The van der Waals surface area contributed by atoms with Crippen molar-refractivity contribution >= 4 is 5.97 Å². The minimum atomic E-state index is -0.733. The second kappa shape index (κ2) is 5.29. The Morgan fingerprint density at radius 2 is 2.05 bits per heavy atom. The fraction of sp³-hybridized carbons (Fsp3) is 0.533. The number of rotatable bonds is 3. The molecule has 0 radical (unpaired) electrons. The standard InChI is InChI=1S/C15H20FNO2/c1-11(12-4-6-13(16)7-5-12)17-9-3-8-15(2,10-17)14(18)19/h4-7,11H,3,8-10H2,1-2H3,(H,18,19). The van der Waals surface area contributed by atoms with Crippen LogP contribution < -0.4 is 0 Å². The molecular weight excluding hydrogens is 245 g/mol. The second-order valence-electron chi connectivity index (χ2n) is 5.67. The summed E-state index contributed by atoms with van der Waals surface area (Å²) in [4.78, 5) is 13.5. The number of halogens is 1. The van der Waals surface area contributed by atoms with Gasteiger partial charge in [-0.3, -0.25) is 9.69 Å². The number of carboxylic acid groups (broad SMARTS) is 1. The highest BCUT2D eigenvalue weighted by Crippen LogP contribution is 2.34. The van der Waals surface area contributed by atoms with Crippen LogP contribution in [0.1, 0.15) is 38.3 Å². The highest BCUT2D eigenvalue weighted by molar-refractivity contribution is 5.74. The van der Waals surface area contributed by atoms with Gasteiger partial charge in [0.25, 0.3) is 0 Å². The molecule has 0 bridgehead atoms. The molecule has 1 aliphatic rings. The van der Waals surface area contributed by atoms with Crippen molar-refractivity contribution in [2.75, 3.05) is 13.1 Å². The van der Waals surface area contributed by atoms with Crippen molar-refractivity contribution in [1.29, 1.82) is 0 Å². The molecule has 0 spiro atoms. The van der Waals surface area contributed by atoms with E-state index >= 15 is 0 Å². The average molecular weight is 265 g/mol. The van der Waals surface area contributed by atoms with Crippen molar-refractivity contribution in [2.24, 2.45) is 5.41 Å². The molecule has 104 valence electrons. The van der Waals surface area contributed by atoms with Crippen LogP contribution in [-0.2, 0) is 4.79 Å². The monoisotopic (exact) mass is 265 g/mol. The first-order chi connectivity index (χ1) is 8.92. The lowest BCUT2D eigenvalue weighted by Gasteiger charge is -2.40. The Kier molecular flexibility index (Phi) is 3.90. The number of likely N-dealkylation sites (tertiary alicyclic amines) is 1. The molecule has 1 aliphatic heterocycles. The third kappa shape index (κ3) is 2.95. The summed E-state index contributed by atoms with van der Waals surface area (Å²) in [5, 5.41) is 9.33. The van der Waals surface area contributed by atoms with Crippen molar-refractivity contribution in [3.05, 3.63) is 35.6 Å². The van der Waals surface area contributed by atoms with E-state index in [1.54, 1.807) is 19.1 Å². The predicted octanol–water partition coefficient (Wildman–Crippen LogP) is 3.07. The zero-order valence-electron chi connectivity index (χ0n) is 11.4. The molecule has 1 N–H and O–H groups in total. The predicted molar refractivity (Wildman–Crippen MR) is 71.4 cm³/mol. The number of carbonyl (C=O) groups is 1. The Morgan fingerprint density at radius 3 is 2.63 bits per heavy atom. The molecular formula is C15H20FNO2. The molecule has 2 atom stereocenters. The van der Waals surface area contributed by atoms with Gasteiger partial charge in [0.2, 0.25) is 0 Å². The number of benzene rings is 1. The minimum absolute atomic E-state index is 0.111. The quantitative estimate of drug-likeness (QED) is 0.913. The maximum atomic E-state index is 12.9. The van der Waals surface area contributed by atoms with Crippen LogP contribution >= 0.6 is 0 Å². The Morgan fingerprint density at radius 1 is 1.42 bits per heavy atom. The van der Waals surface area contributed by atoms with Gasteiger partial charge in [-0.15, -0.1) is 0 Å². The first kappa shape index (κ1) is 14.0. The van der Waals surface area contributed by atoms with Crippen LogP contribution in [0.2, 0.25) is 0 Å². The molecule has 19 heavy (non-hydrogen) atoms. The molecule has 0 saturated carbocycles. The second-order valence-corrected chi connectivity index (χ2v) is 5.67. The fourth-order valence-corrected chi connectivity index (χ4v) is 2.74. The molecule has 1 aromatic rings. The Balaban J connectivity index is 2.13. The summed E-state index contributed by atoms with van der Waals surface area (Å²) in [6.45, 7) is 5.28. The lowest BCUT2D eigenvalue weighted by Crippen LogP contribution is -2.46. The van der Waals surface area contributed by atoms with Gasteiger partial charge in [0.15, 0.2) is 0 Å². The number of hydrogen-bond acceptors (Lipinski definition) is 2. The normalized spacial score (nSPS) is 26.1. The molecule has 4 heteroatoms. The maximum Gasteiger partial charge on any atom is 0.310 e. The van der Waals surface area contributed by atoms with Crippen molar-refractivity contribution < 1.29 is 14.3 Å². The number of aliphatic carboxylic acids is 1. The van der Waals surface area contributed by atoms with Crippen molar-refractivity contribution in [1.82, 2.24) is 4.90 Å². The highest BCUT2D eigenvalue weighted by Gasteiger charge is 2.39. The fourth-order valence-electron chi connectivity index (χ4n) is 2.74. The van der Waals surface area contributed by atoms with Gasteiger partial charge in [0, 0.05) is 12.6 Å². The first-order valence-electron chi connectivity index (χ1n) is 6.65. The molecule has 1 saturated heterocycles. The van der Waals surface area contributed by atoms with Crippen LogP contribution in [0, 0.1) is 11.2 Å². The average Bonchev–Trinajstić information content (AvgIpc) is 2.39. The van der Waals surface area contributed by atoms with Crippen LogP contribution in [0.4, 0.5) is 4.39 Å². The number of carboxylic acids is 1. The van der Waals surface area contributed by atoms with Crippen LogP contribution in [-0.4, -0.2) is 29.1 Å². The summed E-state index contributed by atoms with van der Waals surface area (Å²) >= 11 is 0. The highest BCUT2D eigenvalue weighted by atomic mass is 19.1. The van der Waals surface area contributed by atoms with Crippen molar-refractivity contribution in [3.63, 3.8) is 0 Å². The van der Waals surface area contributed by atoms with E-state index < -0.39 is 11.4 Å². The Hall–Kier alpha value is -1.42. The summed E-state index contributed by atoms with van der Waals surface area (Å²) in [5.74, 6) is -0.978.